The average molecular weight is 316 g/mol. The maximum atomic E-state index is 6.14. The number of rotatable bonds is 5. The van der Waals surface area contributed by atoms with Gasteiger partial charge in [0.15, 0.2) is 0 Å². The molecule has 3 nitrogen and oxygen atoms in total. The summed E-state index contributed by atoms with van der Waals surface area (Å²) in [5.74, 6) is 1.27. The predicted octanol–water partition coefficient (Wildman–Crippen LogP) is 4.67. The fraction of sp³-hybridized carbons (Fsp3) is 0.308. The van der Waals surface area contributed by atoms with E-state index in [-0.39, 0.29) is 0 Å². The summed E-state index contributed by atoms with van der Waals surface area (Å²) in [6, 6.07) is 3.84. The largest absolute Gasteiger partial charge is 0.372 e. The van der Waals surface area contributed by atoms with Gasteiger partial charge in [0.2, 0.25) is 0 Å². The van der Waals surface area contributed by atoms with Crippen LogP contribution in [0.4, 0.5) is 11.6 Å². The van der Waals surface area contributed by atoms with Gasteiger partial charge in [-0.2, -0.15) is 0 Å². The molecule has 0 aliphatic rings. The Balaban J connectivity index is 2.15. The highest BCUT2D eigenvalue weighted by molar-refractivity contribution is 7.10. The first-order chi connectivity index (χ1) is 9.15. The van der Waals surface area contributed by atoms with Gasteiger partial charge in [0.25, 0.3) is 0 Å². The third-order valence-electron chi connectivity index (χ3n) is 2.80. The number of pyridine rings is 1. The number of halogens is 2. The SMILES string of the molecule is CCc1ccsc1CNc1nc(NC)c(Cl)cc1Cl. The molecule has 2 aromatic heterocycles. The summed E-state index contributed by atoms with van der Waals surface area (Å²) in [5, 5.41) is 9.35. The number of hydrogen-bond acceptors (Lipinski definition) is 4. The number of nitrogens with one attached hydrogen (secondary N) is 2. The normalized spacial score (nSPS) is 10.5. The van der Waals surface area contributed by atoms with Gasteiger partial charge in [-0.05, 0) is 29.5 Å². The molecule has 0 atom stereocenters. The van der Waals surface area contributed by atoms with Crippen molar-refractivity contribution in [2.45, 2.75) is 19.9 Å². The Bertz CT molecular complexity index is 569. The molecule has 0 aliphatic heterocycles. The third kappa shape index (κ3) is 3.32. The van der Waals surface area contributed by atoms with Crippen LogP contribution in [0.2, 0.25) is 10.0 Å². The van der Waals surface area contributed by atoms with E-state index in [0.29, 0.717) is 21.7 Å². The molecule has 0 fully saturated rings. The second kappa shape index (κ2) is 6.46. The molecule has 0 saturated heterocycles. The number of nitrogens with zero attached hydrogens (tertiary/aromatic N) is 1. The zero-order valence-electron chi connectivity index (χ0n) is 10.8. The van der Waals surface area contributed by atoms with Gasteiger partial charge in [0.05, 0.1) is 16.6 Å². The number of aryl methyl sites for hydroxylation is 1. The lowest BCUT2D eigenvalue weighted by molar-refractivity contribution is 1.07. The van der Waals surface area contributed by atoms with Crippen LogP contribution in [0.5, 0.6) is 0 Å². The summed E-state index contributed by atoms with van der Waals surface area (Å²) in [4.78, 5) is 5.67. The number of thiophene rings is 1. The van der Waals surface area contributed by atoms with Crippen molar-refractivity contribution in [1.29, 1.82) is 0 Å². The topological polar surface area (TPSA) is 37.0 Å². The summed E-state index contributed by atoms with van der Waals surface area (Å²) in [5.41, 5.74) is 1.36. The molecule has 0 unspecified atom stereocenters. The average Bonchev–Trinajstić information content (AvgIpc) is 2.85. The Morgan fingerprint density at radius 2 is 2.00 bits per heavy atom. The van der Waals surface area contributed by atoms with Crippen molar-refractivity contribution >= 4 is 46.2 Å². The van der Waals surface area contributed by atoms with Gasteiger partial charge < -0.3 is 10.6 Å². The second-order valence-electron chi connectivity index (χ2n) is 3.98. The molecule has 6 heteroatoms. The number of aromatic nitrogens is 1. The molecule has 0 aromatic carbocycles. The van der Waals surface area contributed by atoms with E-state index >= 15 is 0 Å². The summed E-state index contributed by atoms with van der Waals surface area (Å²) in [7, 11) is 1.78. The maximum Gasteiger partial charge on any atom is 0.147 e. The van der Waals surface area contributed by atoms with Crippen LogP contribution in [-0.2, 0) is 13.0 Å². The fourth-order valence-corrected chi connectivity index (χ4v) is 3.20. The van der Waals surface area contributed by atoms with Crippen molar-refractivity contribution in [2.24, 2.45) is 0 Å². The van der Waals surface area contributed by atoms with Crippen molar-refractivity contribution in [3.05, 3.63) is 38.0 Å². The van der Waals surface area contributed by atoms with Crippen LogP contribution in [0, 0.1) is 0 Å². The van der Waals surface area contributed by atoms with Gasteiger partial charge in [-0.3, -0.25) is 0 Å². The van der Waals surface area contributed by atoms with Crippen molar-refractivity contribution < 1.29 is 0 Å². The van der Waals surface area contributed by atoms with E-state index in [0.717, 1.165) is 13.0 Å². The minimum atomic E-state index is 0.517. The van der Waals surface area contributed by atoms with Gasteiger partial charge in [-0.25, -0.2) is 4.98 Å². The number of anilines is 2. The third-order valence-corrected chi connectivity index (χ3v) is 4.34. The molecule has 2 heterocycles. The lowest BCUT2D eigenvalue weighted by atomic mass is 10.2. The molecular weight excluding hydrogens is 301 g/mol. The van der Waals surface area contributed by atoms with Gasteiger partial charge in [0, 0.05) is 11.9 Å². The van der Waals surface area contributed by atoms with Crippen LogP contribution < -0.4 is 10.6 Å². The highest BCUT2D eigenvalue weighted by Gasteiger charge is 2.09. The Morgan fingerprint density at radius 3 is 2.68 bits per heavy atom. The molecule has 102 valence electrons. The van der Waals surface area contributed by atoms with Gasteiger partial charge in [-0.1, -0.05) is 30.1 Å². The van der Waals surface area contributed by atoms with Gasteiger partial charge in [-0.15, -0.1) is 11.3 Å². The summed E-state index contributed by atoms with van der Waals surface area (Å²) < 4.78 is 0. The van der Waals surface area contributed by atoms with E-state index < -0.39 is 0 Å². The van der Waals surface area contributed by atoms with Crippen molar-refractivity contribution in [3.63, 3.8) is 0 Å². The molecule has 0 amide bonds. The van der Waals surface area contributed by atoms with E-state index in [4.69, 9.17) is 23.2 Å². The van der Waals surface area contributed by atoms with Crippen LogP contribution in [0.3, 0.4) is 0 Å². The van der Waals surface area contributed by atoms with E-state index in [1.54, 1.807) is 24.5 Å². The Morgan fingerprint density at radius 1 is 1.26 bits per heavy atom. The van der Waals surface area contributed by atoms with Gasteiger partial charge >= 0.3 is 0 Å². The van der Waals surface area contributed by atoms with E-state index in [1.165, 1.54) is 10.4 Å². The molecule has 0 bridgehead atoms. The van der Waals surface area contributed by atoms with Crippen LogP contribution in [0.1, 0.15) is 17.4 Å². The second-order valence-corrected chi connectivity index (χ2v) is 5.79. The van der Waals surface area contributed by atoms with E-state index in [1.807, 2.05) is 0 Å². The van der Waals surface area contributed by atoms with Crippen LogP contribution in [-0.4, -0.2) is 12.0 Å². The summed E-state index contributed by atoms with van der Waals surface area (Å²) in [6.07, 6.45) is 1.03. The molecule has 2 rings (SSSR count). The summed E-state index contributed by atoms with van der Waals surface area (Å²) >= 11 is 13.9. The van der Waals surface area contributed by atoms with E-state index in [9.17, 15) is 0 Å². The fourth-order valence-electron chi connectivity index (χ4n) is 1.77. The van der Waals surface area contributed by atoms with Crippen LogP contribution in [0.25, 0.3) is 0 Å². The molecule has 2 aromatic rings. The smallest absolute Gasteiger partial charge is 0.147 e. The Labute approximate surface area is 127 Å². The lowest BCUT2D eigenvalue weighted by Gasteiger charge is -2.10. The Kier molecular flexibility index (Phi) is 4.91. The van der Waals surface area contributed by atoms with Crippen LogP contribution in [0.15, 0.2) is 17.5 Å². The first-order valence-corrected chi connectivity index (χ1v) is 7.62. The lowest BCUT2D eigenvalue weighted by Crippen LogP contribution is -2.04. The van der Waals surface area contributed by atoms with Crippen LogP contribution >= 0.6 is 34.5 Å². The summed E-state index contributed by atoms with van der Waals surface area (Å²) in [6.45, 7) is 2.87. The highest BCUT2D eigenvalue weighted by atomic mass is 35.5. The molecule has 0 radical (unpaired) electrons. The first kappa shape index (κ1) is 14.4. The van der Waals surface area contributed by atoms with Crippen molar-refractivity contribution in [3.8, 4) is 0 Å². The molecule has 2 N–H and O–H groups in total. The zero-order valence-corrected chi connectivity index (χ0v) is 13.1. The molecular formula is C13H15Cl2N3S. The molecule has 0 aliphatic carbocycles. The molecule has 0 spiro atoms. The van der Waals surface area contributed by atoms with Crippen molar-refractivity contribution in [2.75, 3.05) is 17.7 Å². The highest BCUT2D eigenvalue weighted by Crippen LogP contribution is 2.29. The van der Waals surface area contributed by atoms with Crippen molar-refractivity contribution in [1.82, 2.24) is 4.98 Å². The monoisotopic (exact) mass is 315 g/mol. The predicted molar refractivity (Wildman–Crippen MR) is 84.8 cm³/mol. The zero-order chi connectivity index (χ0) is 13.8. The Hall–Kier alpha value is -0.970. The first-order valence-electron chi connectivity index (χ1n) is 5.98. The van der Waals surface area contributed by atoms with E-state index in [2.05, 4.69) is 34.0 Å². The minimum Gasteiger partial charge on any atom is -0.372 e. The maximum absolute atomic E-state index is 6.14. The number of hydrogen-bond donors (Lipinski definition) is 2. The quantitative estimate of drug-likeness (QED) is 0.842. The molecule has 0 saturated carbocycles. The van der Waals surface area contributed by atoms with Gasteiger partial charge in [0.1, 0.15) is 11.6 Å². The standard InChI is InChI=1S/C13H15Cl2N3S/c1-3-8-4-5-19-11(8)7-17-13-10(15)6-9(14)12(16-2)18-13/h4-6H,3,7H2,1-2H3,(H2,16,17,18). The minimum absolute atomic E-state index is 0.517. The molecule has 19 heavy (non-hydrogen) atoms.